The smallest absolute Gasteiger partial charge is 0.407 e. The van der Waals surface area contributed by atoms with Crippen LogP contribution in [0.2, 0.25) is 0 Å². The van der Waals surface area contributed by atoms with Crippen LogP contribution in [0.5, 0.6) is 0 Å². The van der Waals surface area contributed by atoms with Crippen molar-refractivity contribution in [1.29, 1.82) is 0 Å². The highest BCUT2D eigenvalue weighted by Crippen LogP contribution is 2.44. The fraction of sp³-hybridized carbons (Fsp3) is 0.300. The standard InChI is InChI=1S/C30H32N2O6/c1-19(29(34)35)32(3)28(33)27(20(2)37-17-21-11-5-4-6-12-21)31-30(36)38-18-26-24-15-9-7-13-22(24)23-14-8-10-16-25(23)26/h4-16,19-20,26-27H,17-18H2,1-3H3,(H,31,36)(H,34,35)/t19-,20-,27+/m0/s1. The number of likely N-dealkylation sites (N-methyl/N-ethyl adjacent to an activating group) is 1. The van der Waals surface area contributed by atoms with Crippen LogP contribution in [0.25, 0.3) is 11.1 Å². The Balaban J connectivity index is 1.47. The third-order valence-electron chi connectivity index (χ3n) is 6.99. The van der Waals surface area contributed by atoms with E-state index >= 15 is 0 Å². The Kier molecular flexibility index (Phi) is 8.43. The number of ether oxygens (including phenoxy) is 2. The monoisotopic (exact) mass is 516 g/mol. The fourth-order valence-corrected chi connectivity index (χ4v) is 4.62. The van der Waals surface area contributed by atoms with Crippen LogP contribution in [0.3, 0.4) is 0 Å². The van der Waals surface area contributed by atoms with Crippen molar-refractivity contribution < 1.29 is 29.0 Å². The third kappa shape index (κ3) is 5.86. The van der Waals surface area contributed by atoms with Gasteiger partial charge in [-0.1, -0.05) is 78.9 Å². The largest absolute Gasteiger partial charge is 0.480 e. The van der Waals surface area contributed by atoms with Gasteiger partial charge in [-0.3, -0.25) is 4.79 Å². The van der Waals surface area contributed by atoms with Crippen LogP contribution in [0.15, 0.2) is 78.9 Å². The number of amides is 2. The first-order chi connectivity index (χ1) is 18.3. The second kappa shape index (κ2) is 11.9. The van der Waals surface area contributed by atoms with E-state index in [4.69, 9.17) is 9.47 Å². The zero-order chi connectivity index (χ0) is 27.2. The van der Waals surface area contributed by atoms with Crippen LogP contribution in [0.1, 0.15) is 36.5 Å². The molecule has 0 bridgehead atoms. The Labute approximate surface area is 222 Å². The van der Waals surface area contributed by atoms with Crippen LogP contribution in [-0.4, -0.2) is 59.8 Å². The summed E-state index contributed by atoms with van der Waals surface area (Å²) in [5.41, 5.74) is 5.26. The third-order valence-corrected chi connectivity index (χ3v) is 6.99. The summed E-state index contributed by atoms with van der Waals surface area (Å²) in [6.45, 7) is 3.37. The number of hydrogen-bond donors (Lipinski definition) is 2. The quantitative estimate of drug-likeness (QED) is 0.413. The molecule has 3 aromatic rings. The second-order valence-corrected chi connectivity index (χ2v) is 9.41. The van der Waals surface area contributed by atoms with Crippen LogP contribution >= 0.6 is 0 Å². The summed E-state index contributed by atoms with van der Waals surface area (Å²) in [6.07, 6.45) is -1.54. The number of carbonyl (C=O) groups excluding carboxylic acids is 2. The molecule has 3 aromatic carbocycles. The molecule has 2 amide bonds. The lowest BCUT2D eigenvalue weighted by Crippen LogP contribution is -2.56. The minimum atomic E-state index is -1.15. The maximum atomic E-state index is 13.3. The first-order valence-electron chi connectivity index (χ1n) is 12.5. The average Bonchev–Trinajstić information content (AvgIpc) is 3.26. The molecule has 8 heteroatoms. The van der Waals surface area contributed by atoms with Crippen molar-refractivity contribution in [3.05, 3.63) is 95.6 Å². The molecule has 8 nitrogen and oxygen atoms in total. The number of fused-ring (bicyclic) bond motifs is 3. The Morgan fingerprint density at radius 1 is 0.895 bits per heavy atom. The van der Waals surface area contributed by atoms with Gasteiger partial charge in [0.1, 0.15) is 18.7 Å². The Hall–Kier alpha value is -4.17. The number of carboxylic acid groups (broad SMARTS) is 1. The Morgan fingerprint density at radius 2 is 1.45 bits per heavy atom. The van der Waals surface area contributed by atoms with Gasteiger partial charge in [-0.2, -0.15) is 0 Å². The van der Waals surface area contributed by atoms with Crippen molar-refractivity contribution in [1.82, 2.24) is 10.2 Å². The number of nitrogens with one attached hydrogen (secondary N) is 1. The summed E-state index contributed by atoms with van der Waals surface area (Å²) in [4.78, 5) is 38.8. The highest BCUT2D eigenvalue weighted by Gasteiger charge is 2.35. The van der Waals surface area contributed by atoms with Gasteiger partial charge in [0.15, 0.2) is 0 Å². The summed E-state index contributed by atoms with van der Waals surface area (Å²) in [5.74, 6) is -1.88. The van der Waals surface area contributed by atoms with Crippen molar-refractivity contribution in [3.8, 4) is 11.1 Å². The van der Waals surface area contributed by atoms with E-state index in [0.717, 1.165) is 32.7 Å². The molecule has 3 atom stereocenters. The molecule has 1 aliphatic carbocycles. The van der Waals surface area contributed by atoms with Gasteiger partial charge in [-0.15, -0.1) is 0 Å². The molecule has 0 radical (unpaired) electrons. The molecule has 4 rings (SSSR count). The average molecular weight is 517 g/mol. The number of carboxylic acids is 1. The molecule has 0 fully saturated rings. The van der Waals surface area contributed by atoms with Gasteiger partial charge in [0.2, 0.25) is 5.91 Å². The van der Waals surface area contributed by atoms with Crippen molar-refractivity contribution in [3.63, 3.8) is 0 Å². The molecular formula is C30H32N2O6. The van der Waals surface area contributed by atoms with Crippen LogP contribution in [-0.2, 0) is 25.7 Å². The van der Waals surface area contributed by atoms with Crippen LogP contribution < -0.4 is 5.32 Å². The van der Waals surface area contributed by atoms with Crippen molar-refractivity contribution >= 4 is 18.0 Å². The number of rotatable bonds is 10. The zero-order valence-corrected chi connectivity index (χ0v) is 21.7. The molecule has 0 aliphatic heterocycles. The number of hydrogen-bond acceptors (Lipinski definition) is 5. The molecule has 0 heterocycles. The van der Waals surface area contributed by atoms with E-state index in [1.807, 2.05) is 78.9 Å². The maximum Gasteiger partial charge on any atom is 0.407 e. The van der Waals surface area contributed by atoms with Crippen molar-refractivity contribution in [2.45, 2.75) is 44.6 Å². The number of carbonyl (C=O) groups is 3. The van der Waals surface area contributed by atoms with E-state index in [0.29, 0.717) is 0 Å². The number of alkyl carbamates (subject to hydrolysis) is 1. The van der Waals surface area contributed by atoms with Gasteiger partial charge in [0, 0.05) is 13.0 Å². The highest BCUT2D eigenvalue weighted by molar-refractivity contribution is 5.89. The molecule has 1 aliphatic rings. The number of benzene rings is 3. The summed E-state index contributed by atoms with van der Waals surface area (Å²) in [7, 11) is 1.39. The second-order valence-electron chi connectivity index (χ2n) is 9.41. The fourth-order valence-electron chi connectivity index (χ4n) is 4.62. The lowest BCUT2D eigenvalue weighted by atomic mass is 9.98. The lowest BCUT2D eigenvalue weighted by Gasteiger charge is -2.30. The lowest BCUT2D eigenvalue weighted by molar-refractivity contribution is -0.150. The maximum absolute atomic E-state index is 13.3. The van der Waals surface area contributed by atoms with E-state index in [-0.39, 0.29) is 19.1 Å². The molecule has 0 spiro atoms. The first kappa shape index (κ1) is 26.9. The van der Waals surface area contributed by atoms with Crippen molar-refractivity contribution in [2.75, 3.05) is 13.7 Å². The van der Waals surface area contributed by atoms with Gasteiger partial charge in [-0.25, -0.2) is 9.59 Å². The minimum Gasteiger partial charge on any atom is -0.480 e. The van der Waals surface area contributed by atoms with Gasteiger partial charge < -0.3 is 24.8 Å². The summed E-state index contributed by atoms with van der Waals surface area (Å²) >= 11 is 0. The van der Waals surface area contributed by atoms with Crippen LogP contribution in [0, 0.1) is 0 Å². The number of aliphatic carboxylic acids is 1. The molecule has 0 aromatic heterocycles. The molecule has 0 saturated heterocycles. The molecule has 0 unspecified atom stereocenters. The van der Waals surface area contributed by atoms with Gasteiger partial charge >= 0.3 is 12.1 Å². The summed E-state index contributed by atoms with van der Waals surface area (Å²) < 4.78 is 11.5. The molecule has 0 saturated carbocycles. The van der Waals surface area contributed by atoms with Crippen molar-refractivity contribution in [2.24, 2.45) is 0 Å². The normalized spacial score (nSPS) is 14.5. The van der Waals surface area contributed by atoms with Crippen LogP contribution in [0.4, 0.5) is 4.79 Å². The predicted molar refractivity (Wildman–Crippen MR) is 143 cm³/mol. The Bertz CT molecular complexity index is 1250. The van der Waals surface area contributed by atoms with E-state index in [1.165, 1.54) is 14.0 Å². The highest BCUT2D eigenvalue weighted by atomic mass is 16.5. The first-order valence-corrected chi connectivity index (χ1v) is 12.5. The van der Waals surface area contributed by atoms with E-state index in [9.17, 15) is 19.5 Å². The minimum absolute atomic E-state index is 0.0847. The molecular weight excluding hydrogens is 484 g/mol. The summed E-state index contributed by atoms with van der Waals surface area (Å²) in [6, 6.07) is 23.2. The van der Waals surface area contributed by atoms with Gasteiger partial charge in [-0.05, 0) is 41.7 Å². The van der Waals surface area contributed by atoms with E-state index in [2.05, 4.69) is 5.32 Å². The van der Waals surface area contributed by atoms with Gasteiger partial charge in [0.25, 0.3) is 0 Å². The zero-order valence-electron chi connectivity index (χ0n) is 21.7. The van der Waals surface area contributed by atoms with E-state index in [1.54, 1.807) is 6.92 Å². The summed E-state index contributed by atoms with van der Waals surface area (Å²) in [5, 5.41) is 12.0. The number of nitrogens with zero attached hydrogens (tertiary/aromatic N) is 1. The molecule has 198 valence electrons. The van der Waals surface area contributed by atoms with Gasteiger partial charge in [0.05, 0.1) is 12.7 Å². The SMILES string of the molecule is C[C@H](OCc1ccccc1)[C@@H](NC(=O)OCC1c2ccccc2-c2ccccc21)C(=O)N(C)[C@@H](C)C(=O)O. The predicted octanol–water partition coefficient (Wildman–Crippen LogP) is 4.43. The Morgan fingerprint density at radius 3 is 2.03 bits per heavy atom. The molecule has 38 heavy (non-hydrogen) atoms. The molecule has 2 N–H and O–H groups in total. The van der Waals surface area contributed by atoms with E-state index < -0.39 is 36.2 Å². The topological polar surface area (TPSA) is 105 Å².